The maximum absolute atomic E-state index is 6.68. The highest BCUT2D eigenvalue weighted by atomic mass is 16.5. The summed E-state index contributed by atoms with van der Waals surface area (Å²) in [5, 5.41) is 7.54. The minimum atomic E-state index is -0.0155. The van der Waals surface area contributed by atoms with Gasteiger partial charge in [-0.05, 0) is 80.8 Å². The molecule has 59 heavy (non-hydrogen) atoms. The highest BCUT2D eigenvalue weighted by Gasteiger charge is 2.22. The van der Waals surface area contributed by atoms with Gasteiger partial charge in [0.2, 0.25) is 12.2 Å². The second-order valence-electron chi connectivity index (χ2n) is 15.8. The predicted molar refractivity (Wildman–Crippen MR) is 238 cm³/mol. The highest BCUT2D eigenvalue weighted by Crippen LogP contribution is 2.37. The number of nitrogens with zero attached hydrogens (tertiary/aromatic N) is 5. The number of fused-ring (bicyclic) bond motifs is 3. The van der Waals surface area contributed by atoms with Gasteiger partial charge in [0.15, 0.2) is 0 Å². The average Bonchev–Trinajstić information content (AvgIpc) is 3.87. The summed E-state index contributed by atoms with van der Waals surface area (Å²) in [6, 6.07) is 64.9. The van der Waals surface area contributed by atoms with Crippen LogP contribution >= 0.6 is 0 Å². The number of para-hydroxylation sites is 2. The first-order valence-corrected chi connectivity index (χ1v) is 19.9. The molecule has 7 aromatic carbocycles. The topological polar surface area (TPSA) is 48.8 Å². The number of ether oxygens (including phenoxy) is 1. The van der Waals surface area contributed by atoms with E-state index < -0.39 is 0 Å². The van der Waals surface area contributed by atoms with E-state index in [-0.39, 0.29) is 5.41 Å². The summed E-state index contributed by atoms with van der Waals surface area (Å²) in [6.07, 6.45) is 5.57. The molecule has 0 saturated heterocycles. The standard InChI is InChI=1S/C53H41N5O/c1-53(2,3)40-31-32-54-50(33-40)58-48-28-14-13-25-46(48)47-30-29-43(35-49(47)58)59-42-24-15-23-41(34-42)57-36-56(52(55-57)39-21-11-6-12-22-39)51-44(37-17-7-4-8-18-37)26-16-27-45(51)38-19-9-5-10-20-38/h4-35H,1-3H3. The Hall–Kier alpha value is -7.57. The van der Waals surface area contributed by atoms with Gasteiger partial charge in [0.1, 0.15) is 17.3 Å². The fourth-order valence-corrected chi connectivity index (χ4v) is 7.92. The van der Waals surface area contributed by atoms with Crippen molar-refractivity contribution in [3.05, 3.63) is 206 Å². The molecule has 0 bridgehead atoms. The van der Waals surface area contributed by atoms with Crippen LogP contribution in [0.1, 0.15) is 26.3 Å². The second-order valence-corrected chi connectivity index (χ2v) is 15.8. The summed E-state index contributed by atoms with van der Waals surface area (Å²) in [4.78, 5) is 4.86. The zero-order valence-corrected chi connectivity index (χ0v) is 33.1. The van der Waals surface area contributed by atoms with Gasteiger partial charge in [-0.15, -0.1) is 0 Å². The molecule has 3 heterocycles. The molecule has 0 amide bonds. The van der Waals surface area contributed by atoms with E-state index in [9.17, 15) is 0 Å². The van der Waals surface area contributed by atoms with Crippen LogP contribution in [0.3, 0.4) is 0 Å². The molecular weight excluding hydrogens is 723 g/mol. The second kappa shape index (κ2) is 14.7. The Balaban J connectivity index is 1.09. The molecule has 0 unspecified atom stereocenters. The molecule has 10 aromatic rings. The molecular formula is C53H41N5O. The van der Waals surface area contributed by atoms with Crippen LogP contribution in [0.2, 0.25) is 0 Å². The first kappa shape index (κ1) is 35.8. The van der Waals surface area contributed by atoms with Crippen LogP contribution in [0.25, 0.3) is 72.6 Å². The monoisotopic (exact) mass is 763 g/mol. The zero-order valence-electron chi connectivity index (χ0n) is 33.1. The lowest BCUT2D eigenvalue weighted by molar-refractivity contribution is -0.587. The molecule has 6 heteroatoms. The summed E-state index contributed by atoms with van der Waals surface area (Å²) < 4.78 is 12.8. The van der Waals surface area contributed by atoms with Gasteiger partial charge in [-0.25, -0.2) is 4.98 Å². The van der Waals surface area contributed by atoms with Gasteiger partial charge in [-0.3, -0.25) is 4.57 Å². The molecule has 0 aliphatic carbocycles. The quantitative estimate of drug-likeness (QED) is 0.114. The van der Waals surface area contributed by atoms with E-state index >= 15 is 0 Å². The van der Waals surface area contributed by atoms with Crippen molar-refractivity contribution in [3.63, 3.8) is 0 Å². The minimum Gasteiger partial charge on any atom is -0.458 e. The Morgan fingerprint density at radius 2 is 1.15 bits per heavy atom. The van der Waals surface area contributed by atoms with Crippen LogP contribution in [-0.4, -0.2) is 19.3 Å². The Kier molecular flexibility index (Phi) is 8.95. The molecule has 3 aromatic heterocycles. The number of pyridine rings is 1. The van der Waals surface area contributed by atoms with Crippen molar-refractivity contribution in [1.29, 1.82) is 0 Å². The number of hydrogen-bond acceptors (Lipinski definition) is 3. The van der Waals surface area contributed by atoms with E-state index in [0.717, 1.165) is 73.0 Å². The Morgan fingerprint density at radius 3 is 1.85 bits per heavy atom. The molecule has 6 nitrogen and oxygen atoms in total. The van der Waals surface area contributed by atoms with E-state index in [1.54, 1.807) is 0 Å². The van der Waals surface area contributed by atoms with Gasteiger partial charge in [-0.1, -0.05) is 160 Å². The van der Waals surface area contributed by atoms with E-state index in [0.29, 0.717) is 5.75 Å². The lowest BCUT2D eigenvalue weighted by Crippen LogP contribution is -2.33. The van der Waals surface area contributed by atoms with Crippen LogP contribution in [0, 0.1) is 6.33 Å². The first-order chi connectivity index (χ1) is 28.9. The van der Waals surface area contributed by atoms with E-state index in [2.05, 4.69) is 164 Å². The number of benzene rings is 7. The number of aromatic nitrogens is 5. The molecule has 0 radical (unpaired) electrons. The third-order valence-electron chi connectivity index (χ3n) is 10.8. The van der Waals surface area contributed by atoms with Crippen LogP contribution in [-0.2, 0) is 5.41 Å². The molecule has 0 aliphatic rings. The Bertz CT molecular complexity index is 3050. The molecule has 0 saturated carbocycles. The Morgan fingerprint density at radius 1 is 0.542 bits per heavy atom. The minimum absolute atomic E-state index is 0.0155. The van der Waals surface area contributed by atoms with Crippen molar-refractivity contribution in [3.8, 4) is 62.3 Å². The maximum atomic E-state index is 6.68. The van der Waals surface area contributed by atoms with Crippen molar-refractivity contribution in [2.45, 2.75) is 26.2 Å². The fraction of sp³-hybridized carbons (Fsp3) is 0.0755. The molecule has 284 valence electrons. The molecule has 0 spiro atoms. The summed E-state index contributed by atoms with van der Waals surface area (Å²) >= 11 is 0. The first-order valence-electron chi connectivity index (χ1n) is 19.9. The Labute approximate surface area is 343 Å². The zero-order chi connectivity index (χ0) is 39.9. The lowest BCUT2D eigenvalue weighted by Gasteiger charge is -2.20. The van der Waals surface area contributed by atoms with Crippen molar-refractivity contribution >= 4 is 21.8 Å². The van der Waals surface area contributed by atoms with E-state index in [4.69, 9.17) is 14.8 Å². The van der Waals surface area contributed by atoms with E-state index in [1.807, 2.05) is 71.5 Å². The average molecular weight is 764 g/mol. The van der Waals surface area contributed by atoms with Crippen molar-refractivity contribution < 1.29 is 9.30 Å². The van der Waals surface area contributed by atoms with Crippen molar-refractivity contribution in [1.82, 2.24) is 19.3 Å². The van der Waals surface area contributed by atoms with Gasteiger partial charge in [0.25, 0.3) is 0 Å². The lowest BCUT2D eigenvalue weighted by atomic mass is 9.88. The van der Waals surface area contributed by atoms with Crippen molar-refractivity contribution in [2.75, 3.05) is 0 Å². The molecule has 10 rings (SSSR count). The van der Waals surface area contributed by atoms with E-state index in [1.165, 1.54) is 10.9 Å². The van der Waals surface area contributed by atoms with Gasteiger partial charge >= 0.3 is 0 Å². The summed E-state index contributed by atoms with van der Waals surface area (Å²) in [5.41, 5.74) is 10.5. The molecule has 0 aliphatic heterocycles. The molecule has 0 fully saturated rings. The van der Waals surface area contributed by atoms with Gasteiger partial charge in [0, 0.05) is 34.3 Å². The molecule has 0 atom stereocenters. The van der Waals surface area contributed by atoms with Crippen molar-refractivity contribution in [2.24, 2.45) is 0 Å². The van der Waals surface area contributed by atoms with Crippen LogP contribution < -0.4 is 9.30 Å². The van der Waals surface area contributed by atoms with Crippen LogP contribution in [0.5, 0.6) is 11.5 Å². The fourth-order valence-electron chi connectivity index (χ4n) is 7.92. The number of rotatable bonds is 8. The van der Waals surface area contributed by atoms with Gasteiger partial charge < -0.3 is 9.30 Å². The molecule has 0 N–H and O–H groups in total. The predicted octanol–water partition coefficient (Wildman–Crippen LogP) is 12.5. The van der Waals surface area contributed by atoms with Crippen LogP contribution in [0.15, 0.2) is 194 Å². The third kappa shape index (κ3) is 6.74. The summed E-state index contributed by atoms with van der Waals surface area (Å²) in [7, 11) is 0. The normalized spacial score (nSPS) is 11.6. The largest absolute Gasteiger partial charge is 0.458 e. The summed E-state index contributed by atoms with van der Waals surface area (Å²) in [5.74, 6) is 3.05. The van der Waals surface area contributed by atoms with Crippen LogP contribution in [0.4, 0.5) is 0 Å². The number of hydrogen-bond donors (Lipinski definition) is 0. The maximum Gasteiger partial charge on any atom is 0.231 e. The van der Waals surface area contributed by atoms with Gasteiger partial charge in [-0.2, -0.15) is 4.68 Å². The third-order valence-corrected chi connectivity index (χ3v) is 10.8. The summed E-state index contributed by atoms with van der Waals surface area (Å²) in [6.45, 7) is 6.69. The smallest absolute Gasteiger partial charge is 0.231 e. The highest BCUT2D eigenvalue weighted by molar-refractivity contribution is 6.09. The van der Waals surface area contributed by atoms with Gasteiger partial charge in [0.05, 0.1) is 16.7 Å². The SMILES string of the molecule is CC(C)(C)c1ccnc(-n2c3ccccc3c3ccc(Oc4cccc(-n5[c-][n+](-c6c(-c7ccccc7)cccc6-c6ccccc6)c(-c6ccccc6)n5)c4)cc32)c1.